The Morgan fingerprint density at radius 2 is 1.75 bits per heavy atom. The summed E-state index contributed by atoms with van der Waals surface area (Å²) in [6.45, 7) is 13.8. The van der Waals surface area contributed by atoms with Gasteiger partial charge in [0.2, 0.25) is 5.91 Å². The molecule has 3 aliphatic heterocycles. The highest BCUT2D eigenvalue weighted by Crippen LogP contribution is 2.36. The third-order valence-corrected chi connectivity index (χ3v) is 8.10. The molecule has 0 saturated carbocycles. The van der Waals surface area contributed by atoms with Crippen LogP contribution in [0.1, 0.15) is 64.7 Å². The van der Waals surface area contributed by atoms with E-state index in [9.17, 15) is 9.18 Å². The topological polar surface area (TPSA) is 48.1 Å². The fourth-order valence-electron chi connectivity index (χ4n) is 6.25. The number of halogens is 1. The number of piperidine rings is 2. The van der Waals surface area contributed by atoms with Crippen LogP contribution in [-0.4, -0.2) is 73.5 Å². The van der Waals surface area contributed by atoms with E-state index in [0.29, 0.717) is 12.3 Å². The number of allylic oxidation sites excluding steroid dienone is 1. The second kappa shape index (κ2) is 12.4. The molecule has 4 rings (SSSR count). The smallest absolute Gasteiger partial charge is 0.220 e. The average molecular weight is 501 g/mol. The first-order chi connectivity index (χ1) is 17.3. The zero-order valence-electron chi connectivity index (χ0n) is 22.6. The molecule has 0 spiro atoms. The second-order valence-electron chi connectivity index (χ2n) is 11.5. The minimum atomic E-state index is -0.234. The van der Waals surface area contributed by atoms with Crippen LogP contribution in [0, 0.1) is 23.6 Å². The summed E-state index contributed by atoms with van der Waals surface area (Å²) in [5.41, 5.74) is 2.14. The first-order valence-corrected chi connectivity index (χ1v) is 13.8. The molecule has 2 saturated heterocycles. The molecule has 3 atom stereocenters. The van der Waals surface area contributed by atoms with Crippen LogP contribution in [0.3, 0.4) is 0 Å². The molecule has 1 N–H and O–H groups in total. The first-order valence-electron chi connectivity index (χ1n) is 13.8. The molecule has 1 unspecified atom stereocenters. The molecule has 1 aromatic rings. The monoisotopic (exact) mass is 500 g/mol. The number of likely N-dealkylation sites (tertiary alicyclic amines) is 2. The van der Waals surface area contributed by atoms with Gasteiger partial charge in [-0.2, -0.15) is 0 Å². The summed E-state index contributed by atoms with van der Waals surface area (Å²) < 4.78 is 19.4. The Labute approximate surface area is 216 Å². The van der Waals surface area contributed by atoms with Crippen molar-refractivity contribution in [2.75, 3.05) is 52.9 Å². The summed E-state index contributed by atoms with van der Waals surface area (Å²) in [6.07, 6.45) is 4.91. The van der Waals surface area contributed by atoms with Crippen molar-refractivity contribution in [3.8, 4) is 0 Å². The third-order valence-electron chi connectivity index (χ3n) is 8.10. The molecule has 7 heteroatoms. The molecule has 0 aromatic heterocycles. The number of amides is 1. The van der Waals surface area contributed by atoms with Crippen molar-refractivity contribution < 1.29 is 13.9 Å². The van der Waals surface area contributed by atoms with Gasteiger partial charge in [-0.25, -0.2) is 4.39 Å². The van der Waals surface area contributed by atoms with Gasteiger partial charge in [0.05, 0.1) is 5.70 Å². The van der Waals surface area contributed by atoms with Gasteiger partial charge in [-0.05, 0) is 82.1 Å². The molecule has 0 aliphatic carbocycles. The second-order valence-corrected chi connectivity index (χ2v) is 11.5. The van der Waals surface area contributed by atoms with Crippen molar-refractivity contribution in [1.82, 2.24) is 20.0 Å². The lowest BCUT2D eigenvalue weighted by molar-refractivity contribution is -0.122. The highest BCUT2D eigenvalue weighted by molar-refractivity contribution is 5.76. The Morgan fingerprint density at radius 3 is 2.42 bits per heavy atom. The minimum Gasteiger partial charge on any atom is -0.469 e. The molecular formula is C29H45FN4O2. The van der Waals surface area contributed by atoms with Crippen LogP contribution < -0.4 is 5.32 Å². The number of benzene rings is 1. The van der Waals surface area contributed by atoms with E-state index < -0.39 is 0 Å². The summed E-state index contributed by atoms with van der Waals surface area (Å²) >= 11 is 0. The van der Waals surface area contributed by atoms with Gasteiger partial charge in [-0.15, -0.1) is 0 Å². The van der Waals surface area contributed by atoms with Crippen LogP contribution in [0.5, 0.6) is 0 Å². The fraction of sp³-hybridized carbons (Fsp3) is 0.690. The number of hydrogen-bond acceptors (Lipinski definition) is 5. The summed E-state index contributed by atoms with van der Waals surface area (Å²) in [5.74, 6) is 2.94. The molecule has 1 amide bonds. The lowest BCUT2D eigenvalue weighted by Crippen LogP contribution is -2.40. The van der Waals surface area contributed by atoms with E-state index in [1.165, 1.54) is 37.3 Å². The normalized spacial score (nSPS) is 26.4. The lowest BCUT2D eigenvalue weighted by atomic mass is 9.92. The average Bonchev–Trinajstić information content (AvgIpc) is 3.11. The number of nitrogens with one attached hydrogen (secondary N) is 1. The van der Waals surface area contributed by atoms with Crippen LogP contribution in [0.15, 0.2) is 35.7 Å². The van der Waals surface area contributed by atoms with Gasteiger partial charge in [-0.3, -0.25) is 9.69 Å². The maximum absolute atomic E-state index is 13.3. The molecule has 3 aliphatic rings. The van der Waals surface area contributed by atoms with Crippen molar-refractivity contribution in [3.63, 3.8) is 0 Å². The van der Waals surface area contributed by atoms with Gasteiger partial charge in [0.25, 0.3) is 0 Å². The van der Waals surface area contributed by atoms with Crippen molar-refractivity contribution in [3.05, 3.63) is 47.1 Å². The lowest BCUT2D eigenvalue weighted by Gasteiger charge is -2.35. The Hall–Kier alpha value is -2.12. The van der Waals surface area contributed by atoms with Gasteiger partial charge >= 0.3 is 0 Å². The summed E-state index contributed by atoms with van der Waals surface area (Å²) in [6, 6.07) is 6.54. The van der Waals surface area contributed by atoms with Crippen molar-refractivity contribution in [1.29, 1.82) is 0 Å². The molecule has 2 fully saturated rings. The number of rotatable bonds is 9. The third kappa shape index (κ3) is 7.22. The van der Waals surface area contributed by atoms with Gasteiger partial charge < -0.3 is 19.9 Å². The molecular weight excluding hydrogens is 455 g/mol. The molecule has 3 heterocycles. The highest BCUT2D eigenvalue weighted by Gasteiger charge is 2.32. The predicted octanol–water partition coefficient (Wildman–Crippen LogP) is 4.60. The zero-order chi connectivity index (χ0) is 25.7. The van der Waals surface area contributed by atoms with Crippen LogP contribution in [0.2, 0.25) is 0 Å². The largest absolute Gasteiger partial charge is 0.469 e. The number of carbonyl (C=O) groups is 1. The van der Waals surface area contributed by atoms with Gasteiger partial charge in [-0.1, -0.05) is 26.0 Å². The van der Waals surface area contributed by atoms with Gasteiger partial charge in [0.1, 0.15) is 11.6 Å². The van der Waals surface area contributed by atoms with Crippen LogP contribution in [0.25, 0.3) is 0 Å². The van der Waals surface area contributed by atoms with E-state index in [-0.39, 0.29) is 18.0 Å². The van der Waals surface area contributed by atoms with E-state index in [1.807, 2.05) is 14.0 Å². The van der Waals surface area contributed by atoms with Crippen LogP contribution in [0.4, 0.5) is 4.39 Å². The summed E-state index contributed by atoms with van der Waals surface area (Å²) in [4.78, 5) is 19.7. The Kier molecular flexibility index (Phi) is 9.29. The quantitative estimate of drug-likeness (QED) is 0.502. The predicted molar refractivity (Wildman–Crippen MR) is 141 cm³/mol. The number of ether oxygens (including phenoxy) is 1. The standard InChI is InChI=1S/C29H45FN4O2/c1-21-16-22(2)19-34(18-21)13-5-12-31-28(35)17-24-10-14-33(15-11-24)20-27-23(3)36-29(32(27)4)25-6-8-26(30)9-7-25/h6-9,21-22,24,29H,5,10-20H2,1-4H3,(H,31,35)/t21-,22+,29?. The SMILES string of the molecule is CC1=C(CN2CCC(CC(=O)NCCCN3C[C@H](C)C[C@H](C)C3)CC2)N(C)C(c2ccc(F)cc2)O1. The van der Waals surface area contributed by atoms with Crippen LogP contribution >= 0.6 is 0 Å². The fourth-order valence-corrected chi connectivity index (χ4v) is 6.25. The Morgan fingerprint density at radius 1 is 1.08 bits per heavy atom. The maximum Gasteiger partial charge on any atom is 0.220 e. The number of carbonyl (C=O) groups excluding carboxylic acids is 1. The number of likely N-dealkylation sites (N-methyl/N-ethyl adjacent to an activating group) is 1. The van der Waals surface area contributed by atoms with Gasteiger partial charge in [0, 0.05) is 45.2 Å². The molecule has 0 radical (unpaired) electrons. The molecule has 6 nitrogen and oxygen atoms in total. The zero-order valence-corrected chi connectivity index (χ0v) is 22.6. The summed E-state index contributed by atoms with van der Waals surface area (Å²) in [5, 5.41) is 3.16. The van der Waals surface area contributed by atoms with E-state index in [1.54, 1.807) is 12.1 Å². The highest BCUT2D eigenvalue weighted by atomic mass is 19.1. The number of hydrogen-bond donors (Lipinski definition) is 1. The molecule has 200 valence electrons. The van der Waals surface area contributed by atoms with Crippen molar-refractivity contribution >= 4 is 5.91 Å². The number of nitrogens with zero attached hydrogens (tertiary/aromatic N) is 3. The van der Waals surface area contributed by atoms with Crippen LogP contribution in [-0.2, 0) is 9.53 Å². The Bertz CT molecular complexity index is 887. The molecule has 1 aromatic carbocycles. The molecule has 36 heavy (non-hydrogen) atoms. The van der Waals surface area contributed by atoms with E-state index in [2.05, 4.69) is 33.9 Å². The Balaban J connectivity index is 1.13. The minimum absolute atomic E-state index is 0.205. The molecule has 0 bridgehead atoms. The van der Waals surface area contributed by atoms with E-state index in [4.69, 9.17) is 4.74 Å². The first kappa shape index (κ1) is 26.9. The summed E-state index contributed by atoms with van der Waals surface area (Å²) in [7, 11) is 2.05. The van der Waals surface area contributed by atoms with Crippen molar-refractivity contribution in [2.45, 2.75) is 59.1 Å². The van der Waals surface area contributed by atoms with E-state index in [0.717, 1.165) is 75.1 Å². The van der Waals surface area contributed by atoms with E-state index >= 15 is 0 Å². The van der Waals surface area contributed by atoms with Gasteiger partial charge in [0.15, 0.2) is 6.23 Å². The van der Waals surface area contributed by atoms with Crippen molar-refractivity contribution in [2.24, 2.45) is 17.8 Å². The maximum atomic E-state index is 13.3.